The first-order chi connectivity index (χ1) is 3.80. The predicted molar refractivity (Wildman–Crippen MR) is 33.8 cm³/mol. The van der Waals surface area contributed by atoms with Crippen LogP contribution in [0, 0.1) is 0 Å². The van der Waals surface area contributed by atoms with E-state index in [2.05, 4.69) is 17.2 Å². The Labute approximate surface area is 51.9 Å². The van der Waals surface area contributed by atoms with Gasteiger partial charge in [-0.05, 0) is 6.08 Å². The van der Waals surface area contributed by atoms with Gasteiger partial charge in [-0.25, -0.2) is 4.79 Å². The van der Waals surface area contributed by atoms with E-state index in [1.807, 2.05) is 0 Å². The van der Waals surface area contributed by atoms with Gasteiger partial charge in [-0.15, -0.1) is 0 Å². The number of carbonyl (C=O) groups excluding carboxylic acids is 1. The van der Waals surface area contributed by atoms with Crippen molar-refractivity contribution in [3.8, 4) is 0 Å². The molecule has 0 atom stereocenters. The summed E-state index contributed by atoms with van der Waals surface area (Å²) in [4.78, 5) is 13.2. The third-order valence-electron chi connectivity index (χ3n) is 0.782. The number of hydrogen-bond acceptors (Lipinski definition) is 2. The van der Waals surface area contributed by atoms with Crippen LogP contribution in [0.15, 0.2) is 12.2 Å². The first-order valence-corrected chi connectivity index (χ1v) is 2.56. The molecule has 40 valence electrons. The van der Waals surface area contributed by atoms with Crippen molar-refractivity contribution >= 4 is 29.2 Å². The second-order valence-electron chi connectivity index (χ2n) is 1.36. The normalized spacial score (nSPS) is 17.5. The average molecular weight is 126 g/mol. The molecule has 0 unspecified atom stereocenters. The van der Waals surface area contributed by atoms with Crippen molar-refractivity contribution in [1.82, 2.24) is 0 Å². The number of rotatable bonds is 0. The van der Waals surface area contributed by atoms with Gasteiger partial charge in [0.05, 0.1) is 0 Å². The van der Waals surface area contributed by atoms with E-state index in [1.165, 1.54) is 0 Å². The van der Waals surface area contributed by atoms with E-state index in [-0.39, 0.29) is 5.91 Å². The SMILES string of the molecule is O=C1[NH+]=CC=CC1=S. The minimum atomic E-state index is -0.192. The summed E-state index contributed by atoms with van der Waals surface area (Å²) in [6.45, 7) is 0. The van der Waals surface area contributed by atoms with Gasteiger partial charge >= 0.3 is 5.91 Å². The first kappa shape index (κ1) is 5.31. The second-order valence-corrected chi connectivity index (χ2v) is 1.80. The Kier molecular flexibility index (Phi) is 1.30. The van der Waals surface area contributed by atoms with Crippen LogP contribution in [-0.4, -0.2) is 17.0 Å². The topological polar surface area (TPSA) is 31.0 Å². The summed E-state index contributed by atoms with van der Waals surface area (Å²) in [5.41, 5.74) is 0. The number of amides is 1. The summed E-state index contributed by atoms with van der Waals surface area (Å²) in [6.07, 6.45) is 4.84. The minimum absolute atomic E-state index is 0.192. The molecule has 1 heterocycles. The summed E-state index contributed by atoms with van der Waals surface area (Å²) in [6, 6.07) is 0. The highest BCUT2D eigenvalue weighted by molar-refractivity contribution is 7.82. The minimum Gasteiger partial charge on any atom is -0.213 e. The van der Waals surface area contributed by atoms with E-state index in [4.69, 9.17) is 0 Å². The van der Waals surface area contributed by atoms with Crippen molar-refractivity contribution in [2.75, 3.05) is 0 Å². The average Bonchev–Trinajstić information content (AvgIpc) is 1.77. The lowest BCUT2D eigenvalue weighted by atomic mass is 10.3. The molecule has 0 aromatic rings. The molecule has 0 aromatic heterocycles. The van der Waals surface area contributed by atoms with Crippen LogP contribution in [0.1, 0.15) is 0 Å². The largest absolute Gasteiger partial charge is 0.428 e. The quantitative estimate of drug-likeness (QED) is 0.405. The van der Waals surface area contributed by atoms with Crippen LogP contribution in [0.4, 0.5) is 0 Å². The molecule has 0 aliphatic carbocycles. The lowest BCUT2D eigenvalue weighted by Crippen LogP contribution is -2.76. The fraction of sp³-hybridized carbons (Fsp3) is 0. The Morgan fingerprint density at radius 2 is 2.38 bits per heavy atom. The highest BCUT2D eigenvalue weighted by atomic mass is 32.1. The molecule has 1 aliphatic rings. The molecule has 1 aliphatic heterocycles. The Hall–Kier alpha value is -0.830. The third-order valence-corrected chi connectivity index (χ3v) is 1.10. The van der Waals surface area contributed by atoms with Crippen molar-refractivity contribution < 1.29 is 9.79 Å². The van der Waals surface area contributed by atoms with Crippen LogP contribution in [0.2, 0.25) is 0 Å². The molecule has 0 radical (unpaired) electrons. The van der Waals surface area contributed by atoms with Crippen molar-refractivity contribution in [2.24, 2.45) is 0 Å². The van der Waals surface area contributed by atoms with Crippen molar-refractivity contribution in [1.29, 1.82) is 0 Å². The second kappa shape index (κ2) is 1.96. The van der Waals surface area contributed by atoms with Gasteiger partial charge in [0.1, 0.15) is 0 Å². The molecule has 8 heavy (non-hydrogen) atoms. The standard InChI is InChI=1S/C5H3NOS/c7-5-4(8)2-1-3-6-5/h1-3H/p+1. The third kappa shape index (κ3) is 0.869. The Bertz CT molecular complexity index is 171. The summed E-state index contributed by atoms with van der Waals surface area (Å²) >= 11 is 4.61. The van der Waals surface area contributed by atoms with Crippen LogP contribution in [-0.2, 0) is 4.79 Å². The molecule has 0 saturated carbocycles. The van der Waals surface area contributed by atoms with E-state index in [1.54, 1.807) is 18.4 Å². The van der Waals surface area contributed by atoms with Crippen LogP contribution >= 0.6 is 12.2 Å². The lowest BCUT2D eigenvalue weighted by molar-refractivity contribution is -0.362. The zero-order valence-electron chi connectivity index (χ0n) is 4.05. The zero-order valence-corrected chi connectivity index (χ0v) is 4.87. The highest BCUT2D eigenvalue weighted by Gasteiger charge is 2.11. The monoisotopic (exact) mass is 126 g/mol. The van der Waals surface area contributed by atoms with Crippen LogP contribution in [0.5, 0.6) is 0 Å². The van der Waals surface area contributed by atoms with Crippen LogP contribution < -0.4 is 4.99 Å². The summed E-state index contributed by atoms with van der Waals surface area (Å²) in [5.74, 6) is -0.192. The molecule has 0 fully saturated rings. The Morgan fingerprint density at radius 3 is 2.75 bits per heavy atom. The van der Waals surface area contributed by atoms with Gasteiger partial charge < -0.3 is 0 Å². The smallest absolute Gasteiger partial charge is 0.213 e. The predicted octanol–water partition coefficient (Wildman–Crippen LogP) is -1.40. The van der Waals surface area contributed by atoms with Gasteiger partial charge in [-0.1, -0.05) is 12.2 Å². The molecule has 1 rings (SSSR count). The van der Waals surface area contributed by atoms with Crippen LogP contribution in [0.3, 0.4) is 0 Å². The molecular weight excluding hydrogens is 122 g/mol. The molecule has 0 bridgehead atoms. The van der Waals surface area contributed by atoms with Gasteiger partial charge in [0.15, 0.2) is 11.1 Å². The molecule has 0 saturated heterocycles. The fourth-order valence-corrected chi connectivity index (χ4v) is 0.544. The summed E-state index contributed by atoms with van der Waals surface area (Å²) in [7, 11) is 0. The van der Waals surface area contributed by atoms with E-state index in [0.29, 0.717) is 4.86 Å². The molecule has 2 nitrogen and oxygen atoms in total. The Morgan fingerprint density at radius 1 is 1.62 bits per heavy atom. The molecule has 0 spiro atoms. The maximum Gasteiger partial charge on any atom is 0.428 e. The van der Waals surface area contributed by atoms with Crippen molar-refractivity contribution in [2.45, 2.75) is 0 Å². The van der Waals surface area contributed by atoms with E-state index >= 15 is 0 Å². The fourth-order valence-electron chi connectivity index (χ4n) is 0.406. The maximum absolute atomic E-state index is 10.5. The van der Waals surface area contributed by atoms with Crippen LogP contribution in [0.25, 0.3) is 0 Å². The van der Waals surface area contributed by atoms with E-state index in [0.717, 1.165) is 0 Å². The van der Waals surface area contributed by atoms with Gasteiger partial charge in [0.2, 0.25) is 0 Å². The molecular formula is C5H4NOS+. The number of carbonyl (C=O) groups is 1. The van der Waals surface area contributed by atoms with E-state index in [9.17, 15) is 4.79 Å². The highest BCUT2D eigenvalue weighted by Crippen LogP contribution is 1.78. The lowest BCUT2D eigenvalue weighted by Gasteiger charge is -1.84. The van der Waals surface area contributed by atoms with Gasteiger partial charge in [-0.3, -0.25) is 0 Å². The van der Waals surface area contributed by atoms with E-state index < -0.39 is 0 Å². The number of thiocarbonyl (C=S) groups is 1. The van der Waals surface area contributed by atoms with Gasteiger partial charge in [-0.2, -0.15) is 4.99 Å². The molecule has 1 amide bonds. The van der Waals surface area contributed by atoms with Gasteiger partial charge in [0.25, 0.3) is 0 Å². The molecule has 0 aromatic carbocycles. The first-order valence-electron chi connectivity index (χ1n) is 2.15. The zero-order chi connectivity index (χ0) is 5.98. The maximum atomic E-state index is 10.5. The molecule has 1 N–H and O–H groups in total. The number of nitrogens with one attached hydrogen (secondary N) is 1. The van der Waals surface area contributed by atoms with Crippen molar-refractivity contribution in [3.05, 3.63) is 12.2 Å². The van der Waals surface area contributed by atoms with Crippen molar-refractivity contribution in [3.63, 3.8) is 0 Å². The van der Waals surface area contributed by atoms with Gasteiger partial charge in [0, 0.05) is 6.08 Å². The number of allylic oxidation sites excluding steroid dienone is 1. The summed E-state index contributed by atoms with van der Waals surface area (Å²) in [5, 5.41) is 0. The number of hydrogen-bond donors (Lipinski definition) is 1. The Balaban J connectivity index is 2.89. The summed E-state index contributed by atoms with van der Waals surface area (Å²) < 4.78 is 0. The molecule has 3 heteroatoms.